The van der Waals surface area contributed by atoms with E-state index in [9.17, 15) is 4.79 Å². The van der Waals surface area contributed by atoms with Crippen LogP contribution in [0.3, 0.4) is 0 Å². The summed E-state index contributed by atoms with van der Waals surface area (Å²) in [5.41, 5.74) is 1.01. The molecule has 0 amide bonds. The minimum atomic E-state index is -0.350. The molecule has 1 aromatic rings. The highest BCUT2D eigenvalue weighted by atomic mass is 16.7. The van der Waals surface area contributed by atoms with E-state index in [4.69, 9.17) is 33.2 Å². The summed E-state index contributed by atoms with van der Waals surface area (Å²) in [6.07, 6.45) is 5.57. The molecule has 0 fully saturated rings. The Morgan fingerprint density at radius 3 is 2.24 bits per heavy atom. The van der Waals surface area contributed by atoms with Crippen LogP contribution in [-0.4, -0.2) is 65.8 Å². The largest absolute Gasteiger partial charge is 0.497 e. The molecule has 0 saturated carbocycles. The number of carbonyl (C=O) groups is 1. The van der Waals surface area contributed by atoms with Crippen LogP contribution in [0, 0.1) is 0 Å². The first kappa shape index (κ1) is 29.8. The Balaban J connectivity index is 2.44. The fourth-order valence-corrected chi connectivity index (χ4v) is 3.16. The van der Waals surface area contributed by atoms with Crippen molar-refractivity contribution in [2.45, 2.75) is 57.0 Å². The first-order valence-corrected chi connectivity index (χ1v) is 11.4. The molecule has 0 bridgehead atoms. The lowest BCUT2D eigenvalue weighted by Gasteiger charge is -2.25. The Morgan fingerprint density at radius 2 is 1.62 bits per heavy atom. The number of hydrogen-bond acceptors (Lipinski definition) is 8. The molecule has 3 atom stereocenters. The van der Waals surface area contributed by atoms with Gasteiger partial charge in [0.05, 0.1) is 32.5 Å². The summed E-state index contributed by atoms with van der Waals surface area (Å²) in [5.74, 6) is 0.554. The van der Waals surface area contributed by atoms with Crippen LogP contribution in [0.4, 0.5) is 0 Å². The van der Waals surface area contributed by atoms with Gasteiger partial charge in [-0.05, 0) is 43.4 Å². The highest BCUT2D eigenvalue weighted by Gasteiger charge is 2.21. The number of esters is 1. The summed E-state index contributed by atoms with van der Waals surface area (Å²) in [5, 5.41) is 0. The fourth-order valence-electron chi connectivity index (χ4n) is 3.16. The van der Waals surface area contributed by atoms with Crippen LogP contribution in [-0.2, 0) is 39.8 Å². The lowest BCUT2D eigenvalue weighted by Crippen LogP contribution is -2.31. The standard InChI is InChI=1S/C26H40O8/c1-6-22(33-19-28-3)10-8-12-26(27)31-17-9-11-25(24(7-2)34-20-29-4)32-18-21-13-15-23(30-5)16-14-21/h6-7,13-16,22,24-25H,1-2,8-12,17-20H2,3-5H3/t22-,24+,25+/m1/s1. The number of methoxy groups -OCH3 is 3. The number of hydrogen-bond donors (Lipinski definition) is 0. The predicted molar refractivity (Wildman–Crippen MR) is 130 cm³/mol. The average molecular weight is 481 g/mol. The highest BCUT2D eigenvalue weighted by Crippen LogP contribution is 2.17. The van der Waals surface area contributed by atoms with Gasteiger partial charge in [-0.2, -0.15) is 0 Å². The molecular weight excluding hydrogens is 440 g/mol. The van der Waals surface area contributed by atoms with Gasteiger partial charge in [0.2, 0.25) is 0 Å². The van der Waals surface area contributed by atoms with Gasteiger partial charge in [0.1, 0.15) is 25.4 Å². The summed E-state index contributed by atoms with van der Waals surface area (Å²) in [4.78, 5) is 12.1. The van der Waals surface area contributed by atoms with Gasteiger partial charge in [0.15, 0.2) is 0 Å². The van der Waals surface area contributed by atoms with Crippen molar-refractivity contribution < 1.29 is 38.0 Å². The molecule has 0 spiro atoms. The Labute approximate surface area is 203 Å². The minimum absolute atomic E-state index is 0.133. The Hall–Kier alpha value is -2.23. The molecule has 1 rings (SSSR count). The molecule has 0 heterocycles. The maximum atomic E-state index is 12.1. The first-order valence-electron chi connectivity index (χ1n) is 11.4. The molecule has 34 heavy (non-hydrogen) atoms. The third kappa shape index (κ3) is 12.9. The average Bonchev–Trinajstić information content (AvgIpc) is 2.87. The predicted octanol–water partition coefficient (Wildman–Crippen LogP) is 4.42. The highest BCUT2D eigenvalue weighted by molar-refractivity contribution is 5.69. The van der Waals surface area contributed by atoms with Crippen molar-refractivity contribution in [2.24, 2.45) is 0 Å². The second-order valence-corrected chi connectivity index (χ2v) is 7.57. The summed E-state index contributed by atoms with van der Waals surface area (Å²) in [7, 11) is 4.76. The molecule has 0 N–H and O–H groups in total. The molecule has 0 unspecified atom stereocenters. The molecule has 0 aromatic heterocycles. The SMILES string of the molecule is C=C[C@H](CCCC(=O)OCCC[C@H](OCc1ccc(OC)cc1)[C@H](C=C)OCOC)OCOC. The quantitative estimate of drug-likeness (QED) is 0.111. The van der Waals surface area contributed by atoms with Gasteiger partial charge in [0, 0.05) is 20.6 Å². The van der Waals surface area contributed by atoms with E-state index in [-0.39, 0.29) is 37.9 Å². The van der Waals surface area contributed by atoms with E-state index < -0.39 is 0 Å². The molecule has 0 saturated heterocycles. The van der Waals surface area contributed by atoms with E-state index in [1.54, 1.807) is 33.5 Å². The zero-order valence-electron chi connectivity index (χ0n) is 20.7. The maximum absolute atomic E-state index is 12.1. The third-order valence-corrected chi connectivity index (χ3v) is 5.03. The van der Waals surface area contributed by atoms with Crippen LogP contribution < -0.4 is 4.74 Å². The molecule has 1 aromatic carbocycles. The van der Waals surface area contributed by atoms with Crippen LogP contribution >= 0.6 is 0 Å². The van der Waals surface area contributed by atoms with E-state index in [1.807, 2.05) is 24.3 Å². The second kappa shape index (κ2) is 19.1. The van der Waals surface area contributed by atoms with Gasteiger partial charge in [-0.1, -0.05) is 24.3 Å². The Kier molecular flexibility index (Phi) is 16.8. The molecule has 8 heteroatoms. The van der Waals surface area contributed by atoms with Gasteiger partial charge in [0.25, 0.3) is 0 Å². The number of benzene rings is 1. The molecule has 8 nitrogen and oxygen atoms in total. The van der Waals surface area contributed by atoms with E-state index in [0.717, 1.165) is 11.3 Å². The van der Waals surface area contributed by atoms with Crippen LogP contribution in [0.2, 0.25) is 0 Å². The molecule has 0 aliphatic heterocycles. The van der Waals surface area contributed by atoms with Gasteiger partial charge >= 0.3 is 5.97 Å². The summed E-state index contributed by atoms with van der Waals surface area (Å²) < 4.78 is 37.7. The van der Waals surface area contributed by atoms with Crippen molar-refractivity contribution in [3.63, 3.8) is 0 Å². The summed E-state index contributed by atoms with van der Waals surface area (Å²) >= 11 is 0. The molecule has 0 aliphatic rings. The van der Waals surface area contributed by atoms with Crippen molar-refractivity contribution >= 4 is 5.97 Å². The first-order chi connectivity index (χ1) is 16.6. The van der Waals surface area contributed by atoms with Gasteiger partial charge in [-0.3, -0.25) is 4.79 Å². The lowest BCUT2D eigenvalue weighted by atomic mass is 10.1. The Morgan fingerprint density at radius 1 is 0.912 bits per heavy atom. The van der Waals surface area contributed by atoms with Gasteiger partial charge < -0.3 is 33.2 Å². The van der Waals surface area contributed by atoms with Crippen molar-refractivity contribution in [1.82, 2.24) is 0 Å². The third-order valence-electron chi connectivity index (χ3n) is 5.03. The zero-order valence-corrected chi connectivity index (χ0v) is 20.7. The van der Waals surface area contributed by atoms with E-state index in [2.05, 4.69) is 13.2 Å². The summed E-state index contributed by atoms with van der Waals surface area (Å²) in [6.45, 7) is 8.63. The van der Waals surface area contributed by atoms with E-state index in [0.29, 0.717) is 45.3 Å². The van der Waals surface area contributed by atoms with E-state index in [1.165, 1.54) is 0 Å². The minimum Gasteiger partial charge on any atom is -0.497 e. The maximum Gasteiger partial charge on any atom is 0.305 e. The topological polar surface area (TPSA) is 81.7 Å². The molecule has 0 aliphatic carbocycles. The van der Waals surface area contributed by atoms with Gasteiger partial charge in [-0.25, -0.2) is 0 Å². The van der Waals surface area contributed by atoms with Crippen LogP contribution in [0.1, 0.15) is 37.7 Å². The Bertz CT molecular complexity index is 676. The normalized spacial score (nSPS) is 13.6. The van der Waals surface area contributed by atoms with Crippen molar-refractivity contribution in [3.8, 4) is 5.75 Å². The summed E-state index contributed by atoms with van der Waals surface area (Å²) in [6, 6.07) is 7.68. The molecule has 192 valence electrons. The monoisotopic (exact) mass is 480 g/mol. The second-order valence-electron chi connectivity index (χ2n) is 7.57. The van der Waals surface area contributed by atoms with Crippen LogP contribution in [0.5, 0.6) is 5.75 Å². The number of rotatable bonds is 21. The fraction of sp³-hybridized carbons (Fsp3) is 0.577. The molecule has 0 radical (unpaired) electrons. The number of ether oxygens (including phenoxy) is 7. The van der Waals surface area contributed by atoms with Crippen LogP contribution in [0.15, 0.2) is 49.6 Å². The smallest absolute Gasteiger partial charge is 0.305 e. The van der Waals surface area contributed by atoms with Crippen molar-refractivity contribution in [1.29, 1.82) is 0 Å². The van der Waals surface area contributed by atoms with Crippen LogP contribution in [0.25, 0.3) is 0 Å². The van der Waals surface area contributed by atoms with E-state index >= 15 is 0 Å². The zero-order chi connectivity index (χ0) is 25.0. The van der Waals surface area contributed by atoms with Crippen molar-refractivity contribution in [3.05, 3.63) is 55.1 Å². The number of carbonyl (C=O) groups excluding carboxylic acids is 1. The van der Waals surface area contributed by atoms with Crippen molar-refractivity contribution in [2.75, 3.05) is 41.5 Å². The van der Waals surface area contributed by atoms with Gasteiger partial charge in [-0.15, -0.1) is 13.2 Å². The molecular formula is C26H40O8. The lowest BCUT2D eigenvalue weighted by molar-refractivity contribution is -0.144.